The SMILES string of the molecule is CCOC(=O)CSc1ccc(Br)cc1C. The molecule has 0 spiro atoms. The molecule has 2 nitrogen and oxygen atoms in total. The molecule has 0 aliphatic rings. The number of carbonyl (C=O) groups is 1. The molecule has 15 heavy (non-hydrogen) atoms. The largest absolute Gasteiger partial charge is 0.465 e. The number of hydrogen-bond donors (Lipinski definition) is 0. The van der Waals surface area contributed by atoms with Crippen molar-refractivity contribution < 1.29 is 9.53 Å². The lowest BCUT2D eigenvalue weighted by molar-refractivity contribution is -0.139. The van der Waals surface area contributed by atoms with Crippen molar-refractivity contribution in [3.8, 4) is 0 Å². The van der Waals surface area contributed by atoms with E-state index in [1.807, 2.05) is 32.0 Å². The number of carbonyl (C=O) groups excluding carboxylic acids is 1. The maximum absolute atomic E-state index is 11.1. The van der Waals surface area contributed by atoms with E-state index in [1.54, 1.807) is 0 Å². The number of halogens is 1. The van der Waals surface area contributed by atoms with Crippen molar-refractivity contribution in [2.24, 2.45) is 0 Å². The molecule has 0 amide bonds. The number of rotatable bonds is 4. The van der Waals surface area contributed by atoms with Gasteiger partial charge in [0.25, 0.3) is 0 Å². The van der Waals surface area contributed by atoms with E-state index in [0.29, 0.717) is 12.4 Å². The molecule has 0 aliphatic carbocycles. The normalized spacial score (nSPS) is 10.1. The predicted molar refractivity (Wildman–Crippen MR) is 66.2 cm³/mol. The van der Waals surface area contributed by atoms with Crippen molar-refractivity contribution in [2.75, 3.05) is 12.4 Å². The second-order valence-corrected chi connectivity index (χ2v) is 4.94. The Hall–Kier alpha value is -0.480. The molecule has 0 bridgehead atoms. The highest BCUT2D eigenvalue weighted by molar-refractivity contribution is 9.10. The Morgan fingerprint density at radius 1 is 1.53 bits per heavy atom. The van der Waals surface area contributed by atoms with Crippen LogP contribution in [0.4, 0.5) is 0 Å². The molecule has 1 rings (SSSR count). The fourth-order valence-electron chi connectivity index (χ4n) is 1.11. The fourth-order valence-corrected chi connectivity index (χ4v) is 2.40. The van der Waals surface area contributed by atoms with Gasteiger partial charge in [-0.1, -0.05) is 15.9 Å². The van der Waals surface area contributed by atoms with Crippen LogP contribution in [0.1, 0.15) is 12.5 Å². The van der Waals surface area contributed by atoms with Gasteiger partial charge in [-0.25, -0.2) is 0 Å². The molecule has 0 saturated heterocycles. The van der Waals surface area contributed by atoms with Crippen LogP contribution in [0, 0.1) is 6.92 Å². The van der Waals surface area contributed by atoms with Crippen molar-refractivity contribution in [1.82, 2.24) is 0 Å². The van der Waals surface area contributed by atoms with Crippen LogP contribution < -0.4 is 0 Å². The smallest absolute Gasteiger partial charge is 0.316 e. The van der Waals surface area contributed by atoms with Gasteiger partial charge in [-0.15, -0.1) is 11.8 Å². The minimum absolute atomic E-state index is 0.162. The Bertz CT molecular complexity index is 352. The van der Waals surface area contributed by atoms with Crippen LogP contribution in [-0.2, 0) is 9.53 Å². The maximum Gasteiger partial charge on any atom is 0.316 e. The molecule has 0 atom stereocenters. The Morgan fingerprint density at radius 3 is 2.87 bits per heavy atom. The lowest BCUT2D eigenvalue weighted by Gasteiger charge is -2.05. The van der Waals surface area contributed by atoms with Gasteiger partial charge < -0.3 is 4.74 Å². The first-order valence-corrected chi connectivity index (χ1v) is 6.46. The highest BCUT2D eigenvalue weighted by Crippen LogP contribution is 2.25. The van der Waals surface area contributed by atoms with Crippen LogP contribution in [0.2, 0.25) is 0 Å². The molecule has 0 radical (unpaired) electrons. The van der Waals surface area contributed by atoms with E-state index in [4.69, 9.17) is 4.74 Å². The number of esters is 1. The summed E-state index contributed by atoms with van der Waals surface area (Å²) in [7, 11) is 0. The molecule has 0 aromatic heterocycles. The third-order valence-corrected chi connectivity index (χ3v) is 3.43. The van der Waals surface area contributed by atoms with Gasteiger partial charge >= 0.3 is 5.97 Å². The van der Waals surface area contributed by atoms with Crippen molar-refractivity contribution >= 4 is 33.7 Å². The third-order valence-electron chi connectivity index (χ3n) is 1.79. The zero-order valence-corrected chi connectivity index (χ0v) is 11.2. The number of benzene rings is 1. The molecule has 0 aliphatic heterocycles. The molecule has 1 aromatic carbocycles. The lowest BCUT2D eigenvalue weighted by Crippen LogP contribution is -2.06. The average Bonchev–Trinajstić information content (AvgIpc) is 2.17. The van der Waals surface area contributed by atoms with Gasteiger partial charge in [0.2, 0.25) is 0 Å². The van der Waals surface area contributed by atoms with E-state index in [1.165, 1.54) is 17.3 Å². The van der Waals surface area contributed by atoms with Crippen LogP contribution in [0.15, 0.2) is 27.6 Å². The Labute approximate surface area is 103 Å². The van der Waals surface area contributed by atoms with Gasteiger partial charge in [-0.2, -0.15) is 0 Å². The van der Waals surface area contributed by atoms with Crippen molar-refractivity contribution in [3.05, 3.63) is 28.2 Å². The molecule has 4 heteroatoms. The first-order chi connectivity index (χ1) is 7.13. The van der Waals surface area contributed by atoms with Crippen LogP contribution in [0.5, 0.6) is 0 Å². The van der Waals surface area contributed by atoms with E-state index >= 15 is 0 Å². The summed E-state index contributed by atoms with van der Waals surface area (Å²) in [6.45, 7) is 4.28. The summed E-state index contributed by atoms with van der Waals surface area (Å²) in [4.78, 5) is 12.3. The molecule has 0 heterocycles. The van der Waals surface area contributed by atoms with Crippen LogP contribution >= 0.6 is 27.7 Å². The van der Waals surface area contributed by atoms with Crippen molar-refractivity contribution in [2.45, 2.75) is 18.7 Å². The molecular weight excluding hydrogens is 276 g/mol. The number of aryl methyl sites for hydroxylation is 1. The van der Waals surface area contributed by atoms with E-state index in [2.05, 4.69) is 15.9 Å². The van der Waals surface area contributed by atoms with E-state index < -0.39 is 0 Å². The molecule has 0 N–H and O–H groups in total. The zero-order chi connectivity index (χ0) is 11.3. The summed E-state index contributed by atoms with van der Waals surface area (Å²) in [5, 5.41) is 0. The highest BCUT2D eigenvalue weighted by Gasteiger charge is 2.05. The predicted octanol–water partition coefficient (Wildman–Crippen LogP) is 3.41. The van der Waals surface area contributed by atoms with Crippen molar-refractivity contribution in [3.63, 3.8) is 0 Å². The van der Waals surface area contributed by atoms with Crippen molar-refractivity contribution in [1.29, 1.82) is 0 Å². The molecule has 0 fully saturated rings. The van der Waals surface area contributed by atoms with Gasteiger partial charge in [0, 0.05) is 9.37 Å². The Kier molecular flexibility index (Phi) is 5.19. The number of hydrogen-bond acceptors (Lipinski definition) is 3. The fraction of sp³-hybridized carbons (Fsp3) is 0.364. The van der Waals surface area contributed by atoms with Gasteiger partial charge in [0.15, 0.2) is 0 Å². The summed E-state index contributed by atoms with van der Waals surface area (Å²) < 4.78 is 5.91. The molecule has 0 unspecified atom stereocenters. The number of thioether (sulfide) groups is 1. The van der Waals surface area contributed by atoms with Crippen LogP contribution in [0.25, 0.3) is 0 Å². The summed E-state index contributed by atoms with van der Waals surface area (Å²) in [6.07, 6.45) is 0. The second kappa shape index (κ2) is 6.18. The minimum atomic E-state index is -0.162. The molecule has 0 saturated carbocycles. The summed E-state index contributed by atoms with van der Waals surface area (Å²) in [6, 6.07) is 6.01. The minimum Gasteiger partial charge on any atom is -0.465 e. The average molecular weight is 289 g/mol. The van der Waals surface area contributed by atoms with E-state index in [-0.39, 0.29) is 5.97 Å². The zero-order valence-electron chi connectivity index (χ0n) is 8.75. The first kappa shape index (κ1) is 12.6. The summed E-state index contributed by atoms with van der Waals surface area (Å²) in [5.41, 5.74) is 1.17. The van der Waals surface area contributed by atoms with Crippen LogP contribution in [0.3, 0.4) is 0 Å². The maximum atomic E-state index is 11.1. The summed E-state index contributed by atoms with van der Waals surface area (Å²) in [5.74, 6) is 0.209. The van der Waals surface area contributed by atoms with Gasteiger partial charge in [0.05, 0.1) is 12.4 Å². The second-order valence-electron chi connectivity index (χ2n) is 3.00. The first-order valence-electron chi connectivity index (χ1n) is 4.68. The monoisotopic (exact) mass is 288 g/mol. The molecular formula is C11H13BrO2S. The van der Waals surface area contributed by atoms with E-state index in [9.17, 15) is 4.79 Å². The number of ether oxygens (including phenoxy) is 1. The highest BCUT2D eigenvalue weighted by atomic mass is 79.9. The third kappa shape index (κ3) is 4.26. The molecule has 1 aromatic rings. The van der Waals surface area contributed by atoms with Gasteiger partial charge in [-0.3, -0.25) is 4.79 Å². The lowest BCUT2D eigenvalue weighted by atomic mass is 10.2. The summed E-state index contributed by atoms with van der Waals surface area (Å²) >= 11 is 4.91. The quantitative estimate of drug-likeness (QED) is 0.627. The van der Waals surface area contributed by atoms with Gasteiger partial charge in [-0.05, 0) is 37.6 Å². The van der Waals surface area contributed by atoms with Crippen LogP contribution in [-0.4, -0.2) is 18.3 Å². The Morgan fingerprint density at radius 2 is 2.27 bits per heavy atom. The van der Waals surface area contributed by atoms with E-state index in [0.717, 1.165) is 9.37 Å². The standard InChI is InChI=1S/C11H13BrO2S/c1-3-14-11(13)7-15-10-5-4-9(12)6-8(10)2/h4-6H,3,7H2,1-2H3. The Balaban J connectivity index is 2.54. The molecule has 82 valence electrons. The topological polar surface area (TPSA) is 26.3 Å². The van der Waals surface area contributed by atoms with Gasteiger partial charge in [0.1, 0.15) is 0 Å².